The highest BCUT2D eigenvalue weighted by molar-refractivity contribution is 5.93. The fraction of sp³-hybridized carbons (Fsp3) is 0.211. The number of aromatic nitrogens is 2. The Morgan fingerprint density at radius 3 is 2.65 bits per heavy atom. The van der Waals surface area contributed by atoms with Crippen molar-refractivity contribution in [3.8, 4) is 5.75 Å². The Bertz CT molecular complexity index is 1010. The van der Waals surface area contributed by atoms with E-state index >= 15 is 0 Å². The van der Waals surface area contributed by atoms with Gasteiger partial charge in [0.15, 0.2) is 5.56 Å². The third-order valence-corrected chi connectivity index (χ3v) is 3.95. The molecule has 2 aromatic heterocycles. The van der Waals surface area contributed by atoms with Crippen LogP contribution in [0.1, 0.15) is 21.5 Å². The number of aromatic carboxylic acids is 1. The fourth-order valence-electron chi connectivity index (χ4n) is 2.59. The van der Waals surface area contributed by atoms with Gasteiger partial charge in [-0.25, -0.2) is 9.78 Å². The smallest absolute Gasteiger partial charge is 0.345 e. The molecule has 2 N–H and O–H groups in total. The number of hydrogen-bond donors (Lipinski definition) is 2. The Hall–Kier alpha value is -3.35. The highest BCUT2D eigenvalue weighted by Gasteiger charge is 2.19. The maximum Gasteiger partial charge on any atom is 0.345 e. The molecule has 0 aliphatic rings. The molecule has 0 bridgehead atoms. The number of rotatable bonds is 6. The van der Waals surface area contributed by atoms with E-state index in [-0.39, 0.29) is 11.4 Å². The number of benzene rings is 1. The summed E-state index contributed by atoms with van der Waals surface area (Å²) >= 11 is 0. The van der Waals surface area contributed by atoms with E-state index in [1.165, 1.54) is 10.6 Å². The summed E-state index contributed by atoms with van der Waals surface area (Å²) in [5.74, 6) is -0.553. The third-order valence-electron chi connectivity index (χ3n) is 3.95. The first-order valence-corrected chi connectivity index (χ1v) is 8.16. The minimum atomic E-state index is -1.32. The molecule has 0 fully saturated rings. The Kier molecular flexibility index (Phi) is 4.88. The molecule has 3 rings (SSSR count). The van der Waals surface area contributed by atoms with E-state index in [0.29, 0.717) is 18.8 Å². The van der Waals surface area contributed by atoms with Crippen LogP contribution < -0.4 is 15.6 Å². The molecule has 7 nitrogen and oxygen atoms in total. The molecule has 0 atom stereocenters. The van der Waals surface area contributed by atoms with Gasteiger partial charge in [-0.1, -0.05) is 23.8 Å². The number of hydrogen-bond acceptors (Lipinski definition) is 5. The number of carboxylic acids is 1. The summed E-state index contributed by atoms with van der Waals surface area (Å²) in [6.07, 6.45) is 1.51. The largest absolute Gasteiger partial charge is 0.492 e. The average Bonchev–Trinajstić information content (AvgIpc) is 2.61. The van der Waals surface area contributed by atoms with Crippen LogP contribution in [-0.2, 0) is 0 Å². The van der Waals surface area contributed by atoms with Crippen LogP contribution in [0.5, 0.6) is 5.75 Å². The van der Waals surface area contributed by atoms with Crippen molar-refractivity contribution in [2.75, 3.05) is 18.5 Å². The summed E-state index contributed by atoms with van der Waals surface area (Å²) in [7, 11) is 0. The maximum absolute atomic E-state index is 12.5. The topological polar surface area (TPSA) is 92.9 Å². The summed E-state index contributed by atoms with van der Waals surface area (Å²) in [4.78, 5) is 28.4. The normalized spacial score (nSPS) is 10.7. The Morgan fingerprint density at radius 2 is 1.96 bits per heavy atom. The van der Waals surface area contributed by atoms with Crippen LogP contribution in [0.25, 0.3) is 5.65 Å². The second-order valence-electron chi connectivity index (χ2n) is 5.92. The summed E-state index contributed by atoms with van der Waals surface area (Å²) < 4.78 is 6.85. The minimum absolute atomic E-state index is 0.0457. The molecular weight excluding hydrogens is 334 g/mol. The zero-order valence-electron chi connectivity index (χ0n) is 14.5. The van der Waals surface area contributed by atoms with Crippen molar-refractivity contribution in [3.63, 3.8) is 0 Å². The van der Waals surface area contributed by atoms with Crippen LogP contribution in [0.4, 0.5) is 5.82 Å². The van der Waals surface area contributed by atoms with Gasteiger partial charge < -0.3 is 15.2 Å². The monoisotopic (exact) mass is 353 g/mol. The van der Waals surface area contributed by atoms with Crippen LogP contribution in [0.15, 0.2) is 47.4 Å². The van der Waals surface area contributed by atoms with E-state index < -0.39 is 11.5 Å². The molecule has 0 radical (unpaired) electrons. The van der Waals surface area contributed by atoms with Crippen molar-refractivity contribution in [3.05, 3.63) is 69.6 Å². The molecule has 2 heterocycles. The number of nitrogens with one attached hydrogen (secondary N) is 1. The number of ether oxygens (including phenoxy) is 1. The molecule has 26 heavy (non-hydrogen) atoms. The zero-order valence-corrected chi connectivity index (χ0v) is 14.5. The number of aryl methyl sites for hydroxylation is 2. The molecule has 1 aromatic carbocycles. The van der Waals surface area contributed by atoms with Crippen molar-refractivity contribution in [2.45, 2.75) is 13.8 Å². The molecule has 7 heteroatoms. The van der Waals surface area contributed by atoms with E-state index in [1.54, 1.807) is 6.07 Å². The number of carbonyl (C=O) groups is 1. The predicted octanol–water partition coefficient (Wildman–Crippen LogP) is 2.50. The molecule has 0 saturated heterocycles. The number of nitrogens with zero attached hydrogens (tertiary/aromatic N) is 2. The lowest BCUT2D eigenvalue weighted by molar-refractivity contribution is 0.0695. The number of fused-ring (bicyclic) bond motifs is 1. The molecule has 0 aliphatic carbocycles. The first-order valence-electron chi connectivity index (χ1n) is 8.16. The molecular formula is C19H19N3O4. The van der Waals surface area contributed by atoms with Crippen molar-refractivity contribution in [2.24, 2.45) is 0 Å². The minimum Gasteiger partial charge on any atom is -0.492 e. The zero-order chi connectivity index (χ0) is 18.7. The molecule has 0 unspecified atom stereocenters. The van der Waals surface area contributed by atoms with Crippen LogP contribution in [0.2, 0.25) is 0 Å². The number of anilines is 1. The van der Waals surface area contributed by atoms with Crippen LogP contribution in [-0.4, -0.2) is 33.6 Å². The van der Waals surface area contributed by atoms with Gasteiger partial charge >= 0.3 is 5.97 Å². The lowest BCUT2D eigenvalue weighted by Crippen LogP contribution is -2.27. The first kappa shape index (κ1) is 17.5. The molecule has 0 amide bonds. The van der Waals surface area contributed by atoms with Crippen molar-refractivity contribution < 1.29 is 14.6 Å². The van der Waals surface area contributed by atoms with Crippen LogP contribution in [0, 0.1) is 13.8 Å². The lowest BCUT2D eigenvalue weighted by Gasteiger charge is -2.12. The Morgan fingerprint density at radius 1 is 1.23 bits per heavy atom. The van der Waals surface area contributed by atoms with E-state index in [4.69, 9.17) is 4.74 Å². The van der Waals surface area contributed by atoms with Gasteiger partial charge in [-0.3, -0.25) is 9.20 Å². The van der Waals surface area contributed by atoms with Crippen LogP contribution >= 0.6 is 0 Å². The summed E-state index contributed by atoms with van der Waals surface area (Å²) in [5, 5.41) is 12.3. The SMILES string of the molecule is Cc1ccc(OCCNc2nc3c(C)cccn3c(=O)c2C(=O)O)cc1. The van der Waals surface area contributed by atoms with Crippen LogP contribution in [0.3, 0.4) is 0 Å². The second-order valence-corrected chi connectivity index (χ2v) is 5.92. The molecule has 3 aromatic rings. The van der Waals surface area contributed by atoms with Gasteiger partial charge in [-0.2, -0.15) is 0 Å². The summed E-state index contributed by atoms with van der Waals surface area (Å²) in [5.41, 5.74) is 1.33. The summed E-state index contributed by atoms with van der Waals surface area (Å²) in [6.45, 7) is 4.41. The van der Waals surface area contributed by atoms with Gasteiger partial charge in [0, 0.05) is 6.20 Å². The first-order chi connectivity index (χ1) is 12.5. The van der Waals surface area contributed by atoms with Gasteiger partial charge in [0.1, 0.15) is 23.8 Å². The van der Waals surface area contributed by atoms with Gasteiger partial charge in [0.05, 0.1) is 6.54 Å². The van der Waals surface area contributed by atoms with Crippen molar-refractivity contribution in [1.82, 2.24) is 9.38 Å². The van der Waals surface area contributed by atoms with E-state index in [2.05, 4.69) is 10.3 Å². The Balaban J connectivity index is 1.81. The fourth-order valence-corrected chi connectivity index (χ4v) is 2.59. The van der Waals surface area contributed by atoms with Crippen molar-refractivity contribution >= 4 is 17.4 Å². The average molecular weight is 353 g/mol. The molecule has 0 spiro atoms. The van der Waals surface area contributed by atoms with Gasteiger partial charge in [-0.05, 0) is 37.6 Å². The van der Waals surface area contributed by atoms with E-state index in [0.717, 1.165) is 16.9 Å². The van der Waals surface area contributed by atoms with Gasteiger partial charge in [-0.15, -0.1) is 0 Å². The van der Waals surface area contributed by atoms with Crippen molar-refractivity contribution in [1.29, 1.82) is 0 Å². The number of pyridine rings is 1. The van der Waals surface area contributed by atoms with E-state index in [9.17, 15) is 14.7 Å². The quantitative estimate of drug-likeness (QED) is 0.662. The Labute approximate surface area is 149 Å². The van der Waals surface area contributed by atoms with Gasteiger partial charge in [0.25, 0.3) is 5.56 Å². The number of carboxylic acid groups (broad SMARTS) is 1. The molecule has 0 saturated carbocycles. The highest BCUT2D eigenvalue weighted by atomic mass is 16.5. The second kappa shape index (κ2) is 7.26. The summed E-state index contributed by atoms with van der Waals surface area (Å²) in [6, 6.07) is 11.1. The standard InChI is InChI=1S/C19H19N3O4/c1-12-5-7-14(8-6-12)26-11-9-20-16-15(19(24)25)18(23)22-10-3-4-13(2)17(22)21-16/h3-8,10,20H,9,11H2,1-2H3,(H,24,25). The maximum atomic E-state index is 12.5. The molecule has 134 valence electrons. The highest BCUT2D eigenvalue weighted by Crippen LogP contribution is 2.14. The van der Waals surface area contributed by atoms with E-state index in [1.807, 2.05) is 44.2 Å². The lowest BCUT2D eigenvalue weighted by atomic mass is 10.2. The van der Waals surface area contributed by atoms with Gasteiger partial charge in [0.2, 0.25) is 0 Å². The predicted molar refractivity (Wildman–Crippen MR) is 98.3 cm³/mol. The third kappa shape index (κ3) is 3.51. The molecule has 0 aliphatic heterocycles.